The van der Waals surface area contributed by atoms with Crippen LogP contribution >= 0.6 is 0 Å². The molecular weight excluding hydrogens is 376 g/mol. The van der Waals surface area contributed by atoms with Gasteiger partial charge in [-0.3, -0.25) is 4.79 Å². The molecule has 29 heavy (non-hydrogen) atoms. The van der Waals surface area contributed by atoms with Crippen LogP contribution in [0.15, 0.2) is 24.3 Å². The number of aliphatic hydroxyl groups is 1. The van der Waals surface area contributed by atoms with Gasteiger partial charge in [0.05, 0.1) is 22.9 Å². The molecule has 1 fully saturated rings. The predicted octanol–water partition coefficient (Wildman–Crippen LogP) is 3.49. The molecule has 1 aromatic carbocycles. The number of benzene rings is 1. The standard InChI is InChI=1S/C22H25F2N3O2/c1-12(2)14-6-7-15(22(29)27-9-13(10-27)11-28)21-16(14)8-19(25-26-21)20-17(23)4-3-5-18(20)24/h3-5,8,12-15,28H,6-7,9-11H2,1-2H3/t14-,15?/m0/s1. The van der Waals surface area contributed by atoms with Gasteiger partial charge in [0.15, 0.2) is 0 Å². The van der Waals surface area contributed by atoms with Gasteiger partial charge in [-0.2, -0.15) is 5.10 Å². The second kappa shape index (κ2) is 7.78. The molecule has 0 radical (unpaired) electrons. The van der Waals surface area contributed by atoms with Crippen molar-refractivity contribution in [1.82, 2.24) is 15.1 Å². The molecule has 154 valence electrons. The Kier molecular flexibility index (Phi) is 5.34. The van der Waals surface area contributed by atoms with Crippen molar-refractivity contribution in [3.05, 3.63) is 47.2 Å². The molecule has 2 atom stereocenters. The molecule has 0 bridgehead atoms. The number of hydrogen-bond donors (Lipinski definition) is 1. The highest BCUT2D eigenvalue weighted by Crippen LogP contribution is 2.43. The Balaban J connectivity index is 1.72. The Labute approximate surface area is 168 Å². The van der Waals surface area contributed by atoms with Crippen molar-refractivity contribution in [3.63, 3.8) is 0 Å². The van der Waals surface area contributed by atoms with E-state index in [1.54, 1.807) is 11.0 Å². The number of carbonyl (C=O) groups excluding carboxylic acids is 1. The Bertz CT molecular complexity index is 908. The molecule has 2 aliphatic rings. The fourth-order valence-corrected chi connectivity index (χ4v) is 4.51. The summed E-state index contributed by atoms with van der Waals surface area (Å²) in [7, 11) is 0. The van der Waals surface area contributed by atoms with E-state index in [1.165, 1.54) is 18.2 Å². The Morgan fingerprint density at radius 1 is 1.21 bits per heavy atom. The zero-order chi connectivity index (χ0) is 20.7. The van der Waals surface area contributed by atoms with Crippen molar-refractivity contribution in [1.29, 1.82) is 0 Å². The van der Waals surface area contributed by atoms with Crippen molar-refractivity contribution in [2.45, 2.75) is 38.5 Å². The van der Waals surface area contributed by atoms with Crippen molar-refractivity contribution >= 4 is 5.91 Å². The molecule has 0 saturated carbocycles. The summed E-state index contributed by atoms with van der Waals surface area (Å²) in [6.07, 6.45) is 1.49. The number of fused-ring (bicyclic) bond motifs is 1. The number of nitrogens with zero attached hydrogens (tertiary/aromatic N) is 3. The van der Waals surface area contributed by atoms with E-state index in [4.69, 9.17) is 0 Å². The van der Waals surface area contributed by atoms with Gasteiger partial charge in [0.2, 0.25) is 5.91 Å². The number of halogens is 2. The second-order valence-electron chi connectivity index (χ2n) is 8.44. The molecule has 1 amide bonds. The molecule has 1 N–H and O–H groups in total. The highest BCUT2D eigenvalue weighted by Gasteiger charge is 2.40. The molecule has 1 aliphatic heterocycles. The third-order valence-electron chi connectivity index (χ3n) is 6.20. The number of aromatic nitrogens is 2. The van der Waals surface area contributed by atoms with Crippen LogP contribution in [-0.4, -0.2) is 45.8 Å². The first kappa shape index (κ1) is 19.9. The fourth-order valence-electron chi connectivity index (χ4n) is 4.51. The highest BCUT2D eigenvalue weighted by atomic mass is 19.1. The number of hydrogen-bond acceptors (Lipinski definition) is 4. The van der Waals surface area contributed by atoms with Crippen LogP contribution in [0.3, 0.4) is 0 Å². The lowest BCUT2D eigenvalue weighted by Crippen LogP contribution is -2.53. The van der Waals surface area contributed by atoms with Crippen LogP contribution in [0, 0.1) is 23.5 Å². The topological polar surface area (TPSA) is 66.3 Å². The minimum Gasteiger partial charge on any atom is -0.396 e. The molecule has 4 rings (SSSR count). The molecule has 5 nitrogen and oxygen atoms in total. The number of carbonyl (C=O) groups is 1. The second-order valence-corrected chi connectivity index (χ2v) is 8.44. The predicted molar refractivity (Wildman–Crippen MR) is 104 cm³/mol. The molecule has 1 aliphatic carbocycles. The normalized spacial score (nSPS) is 21.8. The van der Waals surface area contributed by atoms with Crippen molar-refractivity contribution in [2.24, 2.45) is 11.8 Å². The van der Waals surface area contributed by atoms with Crippen LogP contribution in [0.5, 0.6) is 0 Å². The van der Waals surface area contributed by atoms with Crippen molar-refractivity contribution in [3.8, 4) is 11.3 Å². The summed E-state index contributed by atoms with van der Waals surface area (Å²) in [4.78, 5) is 14.7. The van der Waals surface area contributed by atoms with Crippen LogP contribution in [0.2, 0.25) is 0 Å². The van der Waals surface area contributed by atoms with Gasteiger partial charge in [0, 0.05) is 25.6 Å². The smallest absolute Gasteiger partial charge is 0.231 e. The summed E-state index contributed by atoms with van der Waals surface area (Å²) < 4.78 is 28.5. The zero-order valence-corrected chi connectivity index (χ0v) is 16.6. The molecule has 1 aromatic heterocycles. The molecule has 1 unspecified atom stereocenters. The maximum atomic E-state index is 14.3. The molecule has 2 aromatic rings. The molecule has 7 heteroatoms. The van der Waals surface area contributed by atoms with E-state index in [-0.39, 0.29) is 35.6 Å². The van der Waals surface area contributed by atoms with Crippen molar-refractivity contribution < 1.29 is 18.7 Å². The van der Waals surface area contributed by atoms with E-state index in [2.05, 4.69) is 24.0 Å². The lowest BCUT2D eigenvalue weighted by Gasteiger charge is -2.41. The number of rotatable bonds is 4. The number of aliphatic hydroxyl groups excluding tert-OH is 1. The van der Waals surface area contributed by atoms with E-state index >= 15 is 0 Å². The summed E-state index contributed by atoms with van der Waals surface area (Å²) in [5, 5.41) is 17.6. The summed E-state index contributed by atoms with van der Waals surface area (Å²) in [5.41, 5.74) is 1.44. The van der Waals surface area contributed by atoms with E-state index in [0.717, 1.165) is 12.0 Å². The largest absolute Gasteiger partial charge is 0.396 e. The lowest BCUT2D eigenvalue weighted by molar-refractivity contribution is -0.140. The fraction of sp³-hybridized carbons (Fsp3) is 0.500. The molecular formula is C22H25F2N3O2. The summed E-state index contributed by atoms with van der Waals surface area (Å²) in [5.74, 6) is -1.17. The van der Waals surface area contributed by atoms with Crippen LogP contribution in [-0.2, 0) is 4.79 Å². The first-order valence-corrected chi connectivity index (χ1v) is 10.1. The first-order chi connectivity index (χ1) is 13.9. The van der Waals surface area contributed by atoms with E-state index in [9.17, 15) is 18.7 Å². The molecule has 2 heterocycles. The average Bonchev–Trinajstić information content (AvgIpc) is 2.65. The van der Waals surface area contributed by atoms with Gasteiger partial charge in [0.25, 0.3) is 0 Å². The van der Waals surface area contributed by atoms with Gasteiger partial charge in [-0.1, -0.05) is 19.9 Å². The highest BCUT2D eigenvalue weighted by molar-refractivity contribution is 5.85. The first-order valence-electron chi connectivity index (χ1n) is 10.1. The zero-order valence-electron chi connectivity index (χ0n) is 16.6. The van der Waals surface area contributed by atoms with Gasteiger partial charge in [0.1, 0.15) is 11.6 Å². The maximum absolute atomic E-state index is 14.3. The summed E-state index contributed by atoms with van der Waals surface area (Å²) in [6, 6.07) is 5.43. The van der Waals surface area contributed by atoms with Gasteiger partial charge < -0.3 is 10.0 Å². The summed E-state index contributed by atoms with van der Waals surface area (Å²) in [6.45, 7) is 5.39. The van der Waals surface area contributed by atoms with Gasteiger partial charge >= 0.3 is 0 Å². The third kappa shape index (κ3) is 3.52. The number of amides is 1. The maximum Gasteiger partial charge on any atom is 0.231 e. The van der Waals surface area contributed by atoms with Gasteiger partial charge in [-0.05, 0) is 48.4 Å². The Morgan fingerprint density at radius 3 is 2.52 bits per heavy atom. The van der Waals surface area contributed by atoms with Gasteiger partial charge in [-0.15, -0.1) is 5.10 Å². The molecule has 0 spiro atoms. The minimum atomic E-state index is -0.681. The third-order valence-corrected chi connectivity index (χ3v) is 6.20. The summed E-state index contributed by atoms with van der Waals surface area (Å²) >= 11 is 0. The lowest BCUT2D eigenvalue weighted by atomic mass is 9.74. The SMILES string of the molecule is CC(C)[C@@H]1CCC(C(=O)N2CC(CO)C2)c2nnc(-c3c(F)cccc3F)cc21. The Hall–Kier alpha value is -2.41. The van der Waals surface area contributed by atoms with E-state index in [1.807, 2.05) is 0 Å². The quantitative estimate of drug-likeness (QED) is 0.852. The van der Waals surface area contributed by atoms with Crippen LogP contribution in [0.1, 0.15) is 49.8 Å². The minimum absolute atomic E-state index is 0.00252. The number of likely N-dealkylation sites (tertiary alicyclic amines) is 1. The Morgan fingerprint density at radius 2 is 1.90 bits per heavy atom. The van der Waals surface area contributed by atoms with E-state index < -0.39 is 17.6 Å². The van der Waals surface area contributed by atoms with Crippen molar-refractivity contribution in [2.75, 3.05) is 19.7 Å². The van der Waals surface area contributed by atoms with Gasteiger partial charge in [-0.25, -0.2) is 8.78 Å². The van der Waals surface area contributed by atoms with Crippen LogP contribution < -0.4 is 0 Å². The molecule has 1 saturated heterocycles. The van der Waals surface area contributed by atoms with E-state index in [0.29, 0.717) is 31.1 Å². The average molecular weight is 401 g/mol. The monoisotopic (exact) mass is 401 g/mol. The van der Waals surface area contributed by atoms with Crippen LogP contribution in [0.4, 0.5) is 8.78 Å². The van der Waals surface area contributed by atoms with Crippen LogP contribution in [0.25, 0.3) is 11.3 Å².